The van der Waals surface area contributed by atoms with Crippen LogP contribution in [0.5, 0.6) is 0 Å². The van der Waals surface area contributed by atoms with E-state index < -0.39 is 5.97 Å². The van der Waals surface area contributed by atoms with Crippen molar-refractivity contribution in [1.29, 1.82) is 0 Å². The highest BCUT2D eigenvalue weighted by atomic mass is 16.4. The van der Waals surface area contributed by atoms with Crippen LogP contribution >= 0.6 is 0 Å². The average molecular weight is 226 g/mol. The Morgan fingerprint density at radius 2 is 1.69 bits per heavy atom. The molecule has 0 spiro atoms. The van der Waals surface area contributed by atoms with Crippen LogP contribution in [0, 0.1) is 5.92 Å². The Morgan fingerprint density at radius 1 is 1.06 bits per heavy atom. The molecule has 2 rings (SSSR count). The van der Waals surface area contributed by atoms with Crippen LogP contribution in [0.25, 0.3) is 0 Å². The molecule has 2 aliphatic heterocycles. The van der Waals surface area contributed by atoms with E-state index in [-0.39, 0.29) is 0 Å². The minimum absolute atomic E-state index is 0.347. The lowest BCUT2D eigenvalue weighted by molar-refractivity contribution is -0.139. The van der Waals surface area contributed by atoms with Gasteiger partial charge in [0.1, 0.15) is 0 Å². The second-order valence-corrected chi connectivity index (χ2v) is 5.13. The molecule has 2 saturated heterocycles. The summed E-state index contributed by atoms with van der Waals surface area (Å²) >= 11 is 0. The molecule has 0 aromatic rings. The average Bonchev–Trinajstić information content (AvgIpc) is 2.22. The van der Waals surface area contributed by atoms with E-state index in [0.717, 1.165) is 19.6 Å². The summed E-state index contributed by atoms with van der Waals surface area (Å²) in [6, 6.07) is 0. The van der Waals surface area contributed by atoms with Crippen LogP contribution in [0.15, 0.2) is 0 Å². The highest BCUT2D eigenvalue weighted by Crippen LogP contribution is 2.18. The molecular weight excluding hydrogens is 204 g/mol. The standard InChI is InChI=1S/C12H22N2O2/c15-12(16)8-11-9-14(10-11)7-6-13-4-2-1-3-5-13/h11H,1-10H2,(H,15,16). The van der Waals surface area contributed by atoms with Gasteiger partial charge in [-0.3, -0.25) is 4.79 Å². The van der Waals surface area contributed by atoms with Crippen LogP contribution in [-0.2, 0) is 4.79 Å². The molecule has 0 unspecified atom stereocenters. The third-order valence-corrected chi connectivity index (χ3v) is 3.68. The molecule has 0 radical (unpaired) electrons. The van der Waals surface area contributed by atoms with E-state index in [1.165, 1.54) is 38.9 Å². The van der Waals surface area contributed by atoms with Gasteiger partial charge in [-0.05, 0) is 31.8 Å². The summed E-state index contributed by atoms with van der Waals surface area (Å²) in [7, 11) is 0. The van der Waals surface area contributed by atoms with Crippen molar-refractivity contribution in [2.75, 3.05) is 39.3 Å². The highest BCUT2D eigenvalue weighted by Gasteiger charge is 2.28. The van der Waals surface area contributed by atoms with E-state index in [0.29, 0.717) is 12.3 Å². The van der Waals surface area contributed by atoms with Gasteiger partial charge in [-0.2, -0.15) is 0 Å². The van der Waals surface area contributed by atoms with Crippen molar-refractivity contribution in [3.8, 4) is 0 Å². The fraction of sp³-hybridized carbons (Fsp3) is 0.917. The number of aliphatic carboxylic acids is 1. The summed E-state index contributed by atoms with van der Waals surface area (Å²) in [6.45, 7) is 6.77. The first-order chi connectivity index (χ1) is 7.74. The van der Waals surface area contributed by atoms with Crippen LogP contribution in [0.2, 0.25) is 0 Å². The van der Waals surface area contributed by atoms with Gasteiger partial charge in [-0.15, -0.1) is 0 Å². The molecule has 1 N–H and O–H groups in total. The number of piperidine rings is 1. The minimum atomic E-state index is -0.652. The molecule has 0 amide bonds. The Hall–Kier alpha value is -0.610. The van der Waals surface area contributed by atoms with Crippen molar-refractivity contribution in [3.05, 3.63) is 0 Å². The third-order valence-electron chi connectivity index (χ3n) is 3.68. The molecule has 0 aliphatic carbocycles. The number of likely N-dealkylation sites (tertiary alicyclic amines) is 2. The van der Waals surface area contributed by atoms with E-state index in [2.05, 4.69) is 9.80 Å². The number of nitrogens with zero attached hydrogens (tertiary/aromatic N) is 2. The molecule has 4 heteroatoms. The van der Waals surface area contributed by atoms with Crippen molar-refractivity contribution < 1.29 is 9.90 Å². The van der Waals surface area contributed by atoms with Crippen LogP contribution in [0.3, 0.4) is 0 Å². The molecule has 4 nitrogen and oxygen atoms in total. The molecular formula is C12H22N2O2. The van der Waals surface area contributed by atoms with Crippen molar-refractivity contribution in [3.63, 3.8) is 0 Å². The van der Waals surface area contributed by atoms with Gasteiger partial charge in [0.25, 0.3) is 0 Å². The largest absolute Gasteiger partial charge is 0.481 e. The van der Waals surface area contributed by atoms with Gasteiger partial charge in [0.05, 0.1) is 6.42 Å². The van der Waals surface area contributed by atoms with Crippen molar-refractivity contribution in [2.45, 2.75) is 25.7 Å². The highest BCUT2D eigenvalue weighted by molar-refractivity contribution is 5.67. The number of hydrogen-bond donors (Lipinski definition) is 1. The molecule has 16 heavy (non-hydrogen) atoms. The van der Waals surface area contributed by atoms with E-state index in [1.807, 2.05) is 0 Å². The van der Waals surface area contributed by atoms with Crippen LogP contribution in [0.4, 0.5) is 0 Å². The SMILES string of the molecule is O=C(O)CC1CN(CCN2CCCCC2)C1. The van der Waals surface area contributed by atoms with Crippen molar-refractivity contribution in [1.82, 2.24) is 9.80 Å². The Bertz CT molecular complexity index is 233. The molecule has 2 heterocycles. The van der Waals surface area contributed by atoms with Gasteiger partial charge >= 0.3 is 5.97 Å². The van der Waals surface area contributed by atoms with E-state index in [4.69, 9.17) is 5.11 Å². The molecule has 92 valence electrons. The number of carboxylic acid groups (broad SMARTS) is 1. The maximum Gasteiger partial charge on any atom is 0.303 e. The first-order valence-corrected chi connectivity index (χ1v) is 6.40. The smallest absolute Gasteiger partial charge is 0.303 e. The summed E-state index contributed by atoms with van der Waals surface area (Å²) in [5, 5.41) is 8.64. The number of hydrogen-bond acceptors (Lipinski definition) is 3. The predicted octanol–water partition coefficient (Wildman–Crippen LogP) is 0.879. The van der Waals surface area contributed by atoms with Crippen LogP contribution in [0.1, 0.15) is 25.7 Å². The van der Waals surface area contributed by atoms with Gasteiger partial charge in [-0.25, -0.2) is 0 Å². The monoisotopic (exact) mass is 226 g/mol. The first kappa shape index (κ1) is 11.9. The Morgan fingerprint density at radius 3 is 2.31 bits per heavy atom. The molecule has 0 aromatic carbocycles. The second kappa shape index (κ2) is 5.64. The zero-order valence-electron chi connectivity index (χ0n) is 9.90. The van der Waals surface area contributed by atoms with Gasteiger partial charge in [0.2, 0.25) is 0 Å². The molecule has 0 bridgehead atoms. The third kappa shape index (κ3) is 3.46. The Kier molecular flexibility index (Phi) is 4.18. The Balaban J connectivity index is 1.54. The summed E-state index contributed by atoms with van der Waals surface area (Å²) in [5.74, 6) is -0.250. The van der Waals surface area contributed by atoms with Gasteiger partial charge in [0, 0.05) is 26.2 Å². The zero-order valence-corrected chi connectivity index (χ0v) is 9.90. The van der Waals surface area contributed by atoms with E-state index in [9.17, 15) is 4.79 Å². The molecule has 0 saturated carbocycles. The van der Waals surface area contributed by atoms with Crippen LogP contribution < -0.4 is 0 Å². The second-order valence-electron chi connectivity index (χ2n) is 5.13. The minimum Gasteiger partial charge on any atom is -0.481 e. The lowest BCUT2D eigenvalue weighted by Crippen LogP contribution is -2.50. The van der Waals surface area contributed by atoms with Crippen molar-refractivity contribution in [2.24, 2.45) is 5.92 Å². The summed E-state index contributed by atoms with van der Waals surface area (Å²) in [4.78, 5) is 15.4. The van der Waals surface area contributed by atoms with Crippen LogP contribution in [-0.4, -0.2) is 60.1 Å². The lowest BCUT2D eigenvalue weighted by atomic mass is 9.96. The summed E-state index contributed by atoms with van der Waals surface area (Å²) in [5.41, 5.74) is 0. The fourth-order valence-electron chi connectivity index (χ4n) is 2.70. The molecule has 0 aromatic heterocycles. The first-order valence-electron chi connectivity index (χ1n) is 6.40. The number of carboxylic acids is 1. The predicted molar refractivity (Wildman–Crippen MR) is 62.5 cm³/mol. The number of carbonyl (C=O) groups is 1. The molecule has 2 fully saturated rings. The summed E-state index contributed by atoms with van der Waals surface area (Å²) < 4.78 is 0. The fourth-order valence-corrected chi connectivity index (χ4v) is 2.70. The lowest BCUT2D eigenvalue weighted by Gasteiger charge is -2.40. The van der Waals surface area contributed by atoms with E-state index >= 15 is 0 Å². The van der Waals surface area contributed by atoms with Gasteiger partial charge in [0.15, 0.2) is 0 Å². The Labute approximate surface area is 97.2 Å². The normalized spacial score (nSPS) is 24.2. The van der Waals surface area contributed by atoms with Gasteiger partial charge in [-0.1, -0.05) is 6.42 Å². The van der Waals surface area contributed by atoms with Gasteiger partial charge < -0.3 is 14.9 Å². The maximum atomic E-state index is 10.5. The van der Waals surface area contributed by atoms with E-state index in [1.54, 1.807) is 0 Å². The molecule has 0 atom stereocenters. The quantitative estimate of drug-likeness (QED) is 0.756. The van der Waals surface area contributed by atoms with Crippen molar-refractivity contribution >= 4 is 5.97 Å². The maximum absolute atomic E-state index is 10.5. The summed E-state index contributed by atoms with van der Waals surface area (Å²) in [6.07, 6.45) is 4.43. The topological polar surface area (TPSA) is 43.8 Å². The molecule has 2 aliphatic rings. The number of rotatable bonds is 5. The zero-order chi connectivity index (χ0) is 11.4.